The summed E-state index contributed by atoms with van der Waals surface area (Å²) < 4.78 is 8.56. The van der Waals surface area contributed by atoms with Gasteiger partial charge in [-0.2, -0.15) is 0 Å². The summed E-state index contributed by atoms with van der Waals surface area (Å²) >= 11 is 5.14. The summed E-state index contributed by atoms with van der Waals surface area (Å²) in [6, 6.07) is 5.35. The van der Waals surface area contributed by atoms with Crippen LogP contribution in [-0.2, 0) is 13.5 Å². The molecule has 16 heavy (non-hydrogen) atoms. The summed E-state index contributed by atoms with van der Waals surface area (Å²) in [5.41, 5.74) is 1.50. The molecule has 0 amide bonds. The fraction of sp³-hybridized carbons (Fsp3) is 0.300. The van der Waals surface area contributed by atoms with Crippen LogP contribution in [0, 0.1) is 4.77 Å². The van der Waals surface area contributed by atoms with Crippen molar-refractivity contribution in [2.24, 2.45) is 0 Å². The van der Waals surface area contributed by atoms with E-state index in [0.29, 0.717) is 10.5 Å². The number of rotatable bonds is 3. The SMILES string of the molecule is COc1ccc2c(c1)n(CO)c(=S)n2CO. The number of hydrogen-bond acceptors (Lipinski definition) is 4. The predicted molar refractivity (Wildman–Crippen MR) is 61.8 cm³/mol. The Morgan fingerprint density at radius 2 is 1.81 bits per heavy atom. The molecule has 0 aliphatic rings. The van der Waals surface area contributed by atoms with Crippen LogP contribution < -0.4 is 4.74 Å². The molecule has 0 atom stereocenters. The average Bonchev–Trinajstić information content (AvgIpc) is 2.59. The van der Waals surface area contributed by atoms with Crippen LogP contribution in [0.5, 0.6) is 5.75 Å². The van der Waals surface area contributed by atoms with Crippen LogP contribution in [0.1, 0.15) is 0 Å². The number of aromatic nitrogens is 2. The Kier molecular flexibility index (Phi) is 2.95. The first-order chi connectivity index (χ1) is 7.72. The fourth-order valence-electron chi connectivity index (χ4n) is 1.70. The Labute approximate surface area is 97.1 Å². The zero-order valence-electron chi connectivity index (χ0n) is 8.75. The smallest absolute Gasteiger partial charge is 0.184 e. The van der Waals surface area contributed by atoms with Crippen molar-refractivity contribution in [3.8, 4) is 5.75 Å². The van der Waals surface area contributed by atoms with Crippen molar-refractivity contribution in [1.82, 2.24) is 9.13 Å². The van der Waals surface area contributed by atoms with E-state index in [2.05, 4.69) is 0 Å². The van der Waals surface area contributed by atoms with Gasteiger partial charge in [0, 0.05) is 6.07 Å². The Bertz CT molecular complexity index is 573. The lowest BCUT2D eigenvalue weighted by molar-refractivity contribution is 0.195. The van der Waals surface area contributed by atoms with Crippen molar-refractivity contribution in [2.75, 3.05) is 7.11 Å². The van der Waals surface area contributed by atoms with Gasteiger partial charge < -0.3 is 14.9 Å². The maximum atomic E-state index is 9.25. The molecule has 0 bridgehead atoms. The second-order valence-electron chi connectivity index (χ2n) is 3.28. The molecule has 0 unspecified atom stereocenters. The van der Waals surface area contributed by atoms with Crippen molar-refractivity contribution < 1.29 is 14.9 Å². The Hall–Kier alpha value is -1.37. The number of benzene rings is 1. The number of ether oxygens (including phenoxy) is 1. The highest BCUT2D eigenvalue weighted by molar-refractivity contribution is 7.71. The molecule has 86 valence electrons. The monoisotopic (exact) mass is 240 g/mol. The second kappa shape index (κ2) is 4.25. The summed E-state index contributed by atoms with van der Waals surface area (Å²) in [7, 11) is 1.57. The van der Waals surface area contributed by atoms with E-state index < -0.39 is 0 Å². The van der Waals surface area contributed by atoms with Crippen molar-refractivity contribution in [3.63, 3.8) is 0 Å². The van der Waals surface area contributed by atoms with Crippen molar-refractivity contribution in [1.29, 1.82) is 0 Å². The van der Waals surface area contributed by atoms with Gasteiger partial charge in [0.1, 0.15) is 19.2 Å². The second-order valence-corrected chi connectivity index (χ2v) is 3.64. The molecule has 0 saturated carbocycles. The molecule has 1 aromatic heterocycles. The van der Waals surface area contributed by atoms with Crippen molar-refractivity contribution >= 4 is 23.3 Å². The highest BCUT2D eigenvalue weighted by atomic mass is 32.1. The van der Waals surface area contributed by atoms with Gasteiger partial charge in [0.15, 0.2) is 4.77 Å². The largest absolute Gasteiger partial charge is 0.497 e. The Morgan fingerprint density at radius 3 is 2.38 bits per heavy atom. The van der Waals surface area contributed by atoms with Gasteiger partial charge in [-0.05, 0) is 24.4 Å². The van der Waals surface area contributed by atoms with Gasteiger partial charge >= 0.3 is 0 Å². The molecule has 1 heterocycles. The van der Waals surface area contributed by atoms with Gasteiger partial charge in [0.05, 0.1) is 18.1 Å². The number of nitrogens with zero attached hydrogens (tertiary/aromatic N) is 2. The van der Waals surface area contributed by atoms with Crippen LogP contribution in [0.3, 0.4) is 0 Å². The maximum absolute atomic E-state index is 9.25. The minimum Gasteiger partial charge on any atom is -0.497 e. The minimum atomic E-state index is -0.227. The van der Waals surface area contributed by atoms with E-state index in [1.54, 1.807) is 29.9 Å². The number of methoxy groups -OCH3 is 1. The lowest BCUT2D eigenvalue weighted by Gasteiger charge is -2.01. The highest BCUT2D eigenvalue weighted by Gasteiger charge is 2.09. The standard InChI is InChI=1S/C10H12N2O3S/c1-15-7-2-3-8-9(4-7)12(6-14)10(16)11(8)5-13/h2-4,13-14H,5-6H2,1H3. The summed E-state index contributed by atoms with van der Waals surface area (Å²) in [6.45, 7) is -0.440. The van der Waals surface area contributed by atoms with E-state index in [9.17, 15) is 10.2 Å². The third-order valence-electron chi connectivity index (χ3n) is 2.51. The van der Waals surface area contributed by atoms with Gasteiger partial charge in [0.2, 0.25) is 0 Å². The number of hydrogen-bond donors (Lipinski definition) is 2. The van der Waals surface area contributed by atoms with E-state index in [1.165, 1.54) is 4.57 Å². The number of fused-ring (bicyclic) bond motifs is 1. The summed E-state index contributed by atoms with van der Waals surface area (Å²) in [4.78, 5) is 0. The fourth-order valence-corrected chi connectivity index (χ4v) is 2.01. The van der Waals surface area contributed by atoms with Gasteiger partial charge in [-0.25, -0.2) is 0 Å². The molecule has 2 aromatic rings. The van der Waals surface area contributed by atoms with E-state index in [4.69, 9.17) is 17.0 Å². The van der Waals surface area contributed by atoms with Crippen molar-refractivity contribution in [3.05, 3.63) is 23.0 Å². The van der Waals surface area contributed by atoms with E-state index in [-0.39, 0.29) is 13.5 Å². The van der Waals surface area contributed by atoms with Crippen LogP contribution in [0.4, 0.5) is 0 Å². The van der Waals surface area contributed by atoms with Crippen LogP contribution in [0.15, 0.2) is 18.2 Å². The molecule has 5 nitrogen and oxygen atoms in total. The number of aliphatic hydroxyl groups excluding tert-OH is 2. The van der Waals surface area contributed by atoms with E-state index >= 15 is 0 Å². The zero-order valence-corrected chi connectivity index (χ0v) is 9.57. The van der Waals surface area contributed by atoms with Crippen LogP contribution >= 0.6 is 12.2 Å². The highest BCUT2D eigenvalue weighted by Crippen LogP contribution is 2.22. The predicted octanol–water partition coefficient (Wildman–Crippen LogP) is 1.08. The Morgan fingerprint density at radius 1 is 1.19 bits per heavy atom. The molecule has 0 aliphatic heterocycles. The molecule has 0 fully saturated rings. The molecule has 0 aliphatic carbocycles. The topological polar surface area (TPSA) is 59.5 Å². The molecule has 1 aromatic carbocycles. The maximum Gasteiger partial charge on any atom is 0.184 e. The number of aliphatic hydroxyl groups is 2. The first kappa shape index (κ1) is 11.1. The van der Waals surface area contributed by atoms with Gasteiger partial charge in [-0.3, -0.25) is 9.13 Å². The average molecular weight is 240 g/mol. The van der Waals surface area contributed by atoms with Crippen LogP contribution in [-0.4, -0.2) is 26.5 Å². The summed E-state index contributed by atoms with van der Waals surface area (Å²) in [5.74, 6) is 0.680. The lowest BCUT2D eigenvalue weighted by atomic mass is 10.3. The summed E-state index contributed by atoms with van der Waals surface area (Å²) in [6.07, 6.45) is 0. The van der Waals surface area contributed by atoms with Crippen molar-refractivity contribution in [2.45, 2.75) is 13.5 Å². The quantitative estimate of drug-likeness (QED) is 0.788. The normalized spacial score (nSPS) is 10.9. The molecule has 0 saturated heterocycles. The zero-order chi connectivity index (χ0) is 11.7. The van der Waals surface area contributed by atoms with Gasteiger partial charge in [0.25, 0.3) is 0 Å². The third kappa shape index (κ3) is 1.51. The molecular weight excluding hydrogens is 228 g/mol. The molecule has 0 radical (unpaired) electrons. The first-order valence-electron chi connectivity index (χ1n) is 4.71. The van der Waals surface area contributed by atoms with Gasteiger partial charge in [-0.15, -0.1) is 0 Å². The van der Waals surface area contributed by atoms with E-state index in [1.807, 2.05) is 0 Å². The molecule has 0 spiro atoms. The van der Waals surface area contributed by atoms with Gasteiger partial charge in [-0.1, -0.05) is 0 Å². The van der Waals surface area contributed by atoms with E-state index in [0.717, 1.165) is 11.0 Å². The molecule has 2 N–H and O–H groups in total. The number of imidazole rings is 1. The third-order valence-corrected chi connectivity index (χ3v) is 2.95. The minimum absolute atomic E-state index is 0.214. The van der Waals surface area contributed by atoms with Crippen LogP contribution in [0.2, 0.25) is 0 Å². The Balaban J connectivity index is 2.84. The first-order valence-corrected chi connectivity index (χ1v) is 5.12. The molecule has 6 heteroatoms. The summed E-state index contributed by atoms with van der Waals surface area (Å²) in [5, 5.41) is 18.5. The van der Waals surface area contributed by atoms with Crippen LogP contribution in [0.25, 0.3) is 11.0 Å². The molecule has 2 rings (SSSR count). The molecular formula is C10H12N2O3S. The lowest BCUT2D eigenvalue weighted by Crippen LogP contribution is -2.00.